The van der Waals surface area contributed by atoms with Crippen molar-refractivity contribution < 1.29 is 4.52 Å². The first-order chi connectivity index (χ1) is 8.29. The van der Waals surface area contributed by atoms with Crippen LogP contribution in [0.15, 0.2) is 28.8 Å². The van der Waals surface area contributed by atoms with Gasteiger partial charge in [-0.15, -0.1) is 0 Å². The van der Waals surface area contributed by atoms with E-state index >= 15 is 0 Å². The van der Waals surface area contributed by atoms with Crippen molar-refractivity contribution in [2.24, 2.45) is 0 Å². The number of halogens is 1. The zero-order chi connectivity index (χ0) is 12.1. The average molecular weight is 251 g/mol. The van der Waals surface area contributed by atoms with Gasteiger partial charge in [0.15, 0.2) is 0 Å². The summed E-state index contributed by atoms with van der Waals surface area (Å²) in [5, 5.41) is 4.67. The van der Waals surface area contributed by atoms with E-state index in [2.05, 4.69) is 17.1 Å². The number of nitrogens with zero attached hydrogens (tertiary/aromatic N) is 2. The zero-order valence-electron chi connectivity index (χ0n) is 9.82. The van der Waals surface area contributed by atoms with Crippen LogP contribution in [0.3, 0.4) is 0 Å². The molecule has 1 aromatic heterocycles. The number of aromatic nitrogens is 2. The normalized spacial score (nSPS) is 10.7. The second-order valence-corrected chi connectivity index (χ2v) is 4.41. The molecule has 0 atom stereocenters. The minimum Gasteiger partial charge on any atom is -0.339 e. The predicted molar refractivity (Wildman–Crippen MR) is 68.0 cm³/mol. The molecule has 0 aliphatic carbocycles. The molecule has 0 fully saturated rings. The molecule has 0 saturated carbocycles. The van der Waals surface area contributed by atoms with E-state index in [-0.39, 0.29) is 0 Å². The van der Waals surface area contributed by atoms with Gasteiger partial charge < -0.3 is 4.52 Å². The van der Waals surface area contributed by atoms with E-state index in [9.17, 15) is 0 Å². The molecule has 0 unspecified atom stereocenters. The topological polar surface area (TPSA) is 38.9 Å². The predicted octanol–water partition coefficient (Wildman–Crippen LogP) is 4.12. The summed E-state index contributed by atoms with van der Waals surface area (Å²) in [4.78, 5) is 4.36. The summed E-state index contributed by atoms with van der Waals surface area (Å²) in [5.74, 6) is 1.34. The van der Waals surface area contributed by atoms with Gasteiger partial charge >= 0.3 is 0 Å². The fourth-order valence-electron chi connectivity index (χ4n) is 1.60. The Morgan fingerprint density at radius 1 is 1.18 bits per heavy atom. The molecule has 0 N–H and O–H groups in total. The number of benzene rings is 1. The highest BCUT2D eigenvalue weighted by atomic mass is 35.5. The lowest BCUT2D eigenvalue weighted by atomic mass is 10.2. The maximum absolute atomic E-state index is 5.82. The average Bonchev–Trinajstić information content (AvgIpc) is 2.79. The summed E-state index contributed by atoms with van der Waals surface area (Å²) in [7, 11) is 0. The maximum atomic E-state index is 5.82. The van der Waals surface area contributed by atoms with E-state index in [1.165, 1.54) is 12.8 Å². The highest BCUT2D eigenvalue weighted by molar-refractivity contribution is 6.30. The Morgan fingerprint density at radius 3 is 2.65 bits per heavy atom. The molecule has 17 heavy (non-hydrogen) atoms. The van der Waals surface area contributed by atoms with E-state index in [1.54, 1.807) is 0 Å². The molecule has 90 valence electrons. The van der Waals surface area contributed by atoms with Gasteiger partial charge in [0.1, 0.15) is 0 Å². The van der Waals surface area contributed by atoms with Crippen molar-refractivity contribution in [2.45, 2.75) is 32.6 Å². The number of aryl methyl sites for hydroxylation is 1. The van der Waals surface area contributed by atoms with Crippen LogP contribution in [-0.4, -0.2) is 10.1 Å². The van der Waals surface area contributed by atoms with Crippen molar-refractivity contribution in [3.8, 4) is 11.4 Å². The van der Waals surface area contributed by atoms with Crippen LogP contribution in [0.5, 0.6) is 0 Å². The van der Waals surface area contributed by atoms with Crippen molar-refractivity contribution in [1.82, 2.24) is 10.1 Å². The lowest BCUT2D eigenvalue weighted by Crippen LogP contribution is -1.85. The highest BCUT2D eigenvalue weighted by Crippen LogP contribution is 2.19. The first-order valence-electron chi connectivity index (χ1n) is 5.88. The molecule has 1 heterocycles. The van der Waals surface area contributed by atoms with Crippen molar-refractivity contribution in [3.05, 3.63) is 35.2 Å². The lowest BCUT2D eigenvalue weighted by molar-refractivity contribution is 0.374. The SMILES string of the molecule is CCCCCc1nc(-c2ccc(Cl)cc2)no1. The Balaban J connectivity index is 2.04. The Kier molecular flexibility index (Phi) is 4.15. The van der Waals surface area contributed by atoms with E-state index in [4.69, 9.17) is 16.1 Å². The van der Waals surface area contributed by atoms with Crippen molar-refractivity contribution in [2.75, 3.05) is 0 Å². The maximum Gasteiger partial charge on any atom is 0.226 e. The molecular formula is C13H15ClN2O. The smallest absolute Gasteiger partial charge is 0.226 e. The quantitative estimate of drug-likeness (QED) is 0.749. The third-order valence-electron chi connectivity index (χ3n) is 2.56. The van der Waals surface area contributed by atoms with Gasteiger partial charge in [0.05, 0.1) is 0 Å². The minimum atomic E-state index is 0.633. The van der Waals surface area contributed by atoms with Gasteiger partial charge in [0.25, 0.3) is 0 Å². The third-order valence-corrected chi connectivity index (χ3v) is 2.82. The highest BCUT2D eigenvalue weighted by Gasteiger charge is 2.07. The molecule has 0 saturated heterocycles. The molecule has 3 nitrogen and oxygen atoms in total. The second-order valence-electron chi connectivity index (χ2n) is 3.98. The number of unbranched alkanes of at least 4 members (excludes halogenated alkanes) is 2. The Bertz CT molecular complexity index is 465. The van der Waals surface area contributed by atoms with Crippen LogP contribution in [0.4, 0.5) is 0 Å². The fraction of sp³-hybridized carbons (Fsp3) is 0.385. The van der Waals surface area contributed by atoms with E-state index < -0.39 is 0 Å². The largest absolute Gasteiger partial charge is 0.339 e. The first-order valence-corrected chi connectivity index (χ1v) is 6.26. The summed E-state index contributed by atoms with van der Waals surface area (Å²) in [6.07, 6.45) is 4.34. The van der Waals surface area contributed by atoms with Gasteiger partial charge in [-0.1, -0.05) is 36.5 Å². The molecule has 0 aliphatic rings. The lowest BCUT2D eigenvalue weighted by Gasteiger charge is -1.93. The monoisotopic (exact) mass is 250 g/mol. The summed E-state index contributed by atoms with van der Waals surface area (Å²) in [6, 6.07) is 7.43. The zero-order valence-corrected chi connectivity index (χ0v) is 10.6. The molecule has 0 spiro atoms. The molecule has 1 aromatic carbocycles. The summed E-state index contributed by atoms with van der Waals surface area (Å²) in [5.41, 5.74) is 0.930. The van der Waals surface area contributed by atoms with Crippen LogP contribution in [0.25, 0.3) is 11.4 Å². The van der Waals surface area contributed by atoms with Gasteiger partial charge in [-0.25, -0.2) is 0 Å². The molecule has 0 aliphatic heterocycles. The molecule has 0 bridgehead atoms. The fourth-order valence-corrected chi connectivity index (χ4v) is 1.72. The molecule has 2 rings (SSSR count). The van der Waals surface area contributed by atoms with Crippen molar-refractivity contribution >= 4 is 11.6 Å². The van der Waals surface area contributed by atoms with E-state index in [1.807, 2.05) is 24.3 Å². The standard InChI is InChI=1S/C13H15ClN2O/c1-2-3-4-5-12-15-13(16-17-12)10-6-8-11(14)9-7-10/h6-9H,2-5H2,1H3. The van der Waals surface area contributed by atoms with Gasteiger partial charge in [0, 0.05) is 17.0 Å². The molecule has 2 aromatic rings. The van der Waals surface area contributed by atoms with Gasteiger partial charge in [-0.3, -0.25) is 0 Å². The van der Waals surface area contributed by atoms with Crippen LogP contribution in [0.2, 0.25) is 5.02 Å². The molecule has 0 amide bonds. The Morgan fingerprint density at radius 2 is 1.94 bits per heavy atom. The van der Waals surface area contributed by atoms with Crippen LogP contribution < -0.4 is 0 Å². The van der Waals surface area contributed by atoms with Crippen molar-refractivity contribution in [3.63, 3.8) is 0 Å². The van der Waals surface area contributed by atoms with Gasteiger partial charge in [-0.05, 0) is 30.7 Å². The van der Waals surface area contributed by atoms with Crippen LogP contribution in [0.1, 0.15) is 32.1 Å². The number of rotatable bonds is 5. The summed E-state index contributed by atoms with van der Waals surface area (Å²) in [6.45, 7) is 2.17. The Labute approximate surface area is 106 Å². The number of hydrogen-bond acceptors (Lipinski definition) is 3. The molecule has 4 heteroatoms. The Hall–Kier alpha value is -1.35. The molecule has 0 radical (unpaired) electrons. The van der Waals surface area contributed by atoms with Crippen LogP contribution in [-0.2, 0) is 6.42 Å². The number of hydrogen-bond donors (Lipinski definition) is 0. The van der Waals surface area contributed by atoms with Crippen LogP contribution >= 0.6 is 11.6 Å². The minimum absolute atomic E-state index is 0.633. The first kappa shape index (κ1) is 12.1. The van der Waals surface area contributed by atoms with E-state index in [0.29, 0.717) is 16.7 Å². The molecular weight excluding hydrogens is 236 g/mol. The third kappa shape index (κ3) is 3.30. The van der Waals surface area contributed by atoms with Gasteiger partial charge in [0.2, 0.25) is 11.7 Å². The van der Waals surface area contributed by atoms with Crippen molar-refractivity contribution in [1.29, 1.82) is 0 Å². The van der Waals surface area contributed by atoms with Gasteiger partial charge in [-0.2, -0.15) is 4.98 Å². The van der Waals surface area contributed by atoms with E-state index in [0.717, 1.165) is 18.4 Å². The second kappa shape index (κ2) is 5.82. The summed E-state index contributed by atoms with van der Waals surface area (Å²) >= 11 is 5.82. The summed E-state index contributed by atoms with van der Waals surface area (Å²) < 4.78 is 5.20. The van der Waals surface area contributed by atoms with Crippen LogP contribution in [0, 0.1) is 0 Å².